The normalized spacial score (nSPS) is 32.6. The molecule has 3 saturated heterocycles. The summed E-state index contributed by atoms with van der Waals surface area (Å²) in [5.41, 5.74) is 8.91. The molecule has 4 unspecified atom stereocenters. The first-order valence-corrected chi connectivity index (χ1v) is 9.85. The van der Waals surface area contributed by atoms with E-state index in [1.807, 2.05) is 12.1 Å². The number of nitrogens with one attached hydrogen (secondary N) is 1. The maximum Gasteiger partial charge on any atom is 0.255 e. The first-order chi connectivity index (χ1) is 13.5. The lowest BCUT2D eigenvalue weighted by Gasteiger charge is -2.29. The fraction of sp³-hybridized carbons (Fsp3) is 0.550. The van der Waals surface area contributed by atoms with Crippen molar-refractivity contribution in [2.45, 2.75) is 44.1 Å². The van der Waals surface area contributed by atoms with Crippen LogP contribution in [-0.2, 0) is 27.4 Å². The van der Waals surface area contributed by atoms with E-state index < -0.39 is 6.04 Å². The third-order valence-electron chi connectivity index (χ3n) is 6.54. The maximum atomic E-state index is 13.0. The van der Waals surface area contributed by atoms with Crippen molar-refractivity contribution in [1.82, 2.24) is 15.1 Å². The Kier molecular flexibility index (Phi) is 4.22. The van der Waals surface area contributed by atoms with Gasteiger partial charge in [-0.25, -0.2) is 0 Å². The van der Waals surface area contributed by atoms with Gasteiger partial charge in [-0.3, -0.25) is 24.6 Å². The van der Waals surface area contributed by atoms with E-state index in [-0.39, 0.29) is 30.2 Å². The summed E-state index contributed by atoms with van der Waals surface area (Å²) in [6.07, 6.45) is 0.646. The van der Waals surface area contributed by atoms with E-state index in [2.05, 4.69) is 16.3 Å². The average molecular weight is 384 g/mol. The van der Waals surface area contributed by atoms with Gasteiger partial charge >= 0.3 is 0 Å². The SMILES string of the molecule is NC1CN(Cc2ccc3c(c2)C(=O)N(C2CCC(=O)NC2=O)C3)C2COCC12. The lowest BCUT2D eigenvalue weighted by molar-refractivity contribution is -0.136. The molecule has 4 heterocycles. The number of hydrogen-bond donors (Lipinski definition) is 2. The van der Waals surface area contributed by atoms with E-state index in [0.29, 0.717) is 37.1 Å². The molecule has 0 aromatic heterocycles. The van der Waals surface area contributed by atoms with Crippen molar-refractivity contribution in [2.75, 3.05) is 19.8 Å². The lowest BCUT2D eigenvalue weighted by atomic mass is 10.0. The fourth-order valence-electron chi connectivity index (χ4n) is 5.00. The molecule has 148 valence electrons. The molecule has 0 aliphatic carbocycles. The van der Waals surface area contributed by atoms with E-state index in [9.17, 15) is 14.4 Å². The van der Waals surface area contributed by atoms with E-state index >= 15 is 0 Å². The van der Waals surface area contributed by atoms with Crippen LogP contribution in [0.3, 0.4) is 0 Å². The number of carbonyl (C=O) groups excluding carboxylic acids is 3. The molecule has 4 aliphatic heterocycles. The predicted octanol–water partition coefficient (Wildman–Crippen LogP) is -0.394. The van der Waals surface area contributed by atoms with Crippen molar-refractivity contribution < 1.29 is 19.1 Å². The number of imide groups is 1. The van der Waals surface area contributed by atoms with Crippen molar-refractivity contribution in [2.24, 2.45) is 11.7 Å². The number of amides is 3. The van der Waals surface area contributed by atoms with Gasteiger partial charge in [0.25, 0.3) is 5.91 Å². The van der Waals surface area contributed by atoms with Crippen LogP contribution in [0.2, 0.25) is 0 Å². The van der Waals surface area contributed by atoms with E-state index in [0.717, 1.165) is 30.8 Å². The molecule has 3 amide bonds. The van der Waals surface area contributed by atoms with E-state index in [4.69, 9.17) is 10.5 Å². The zero-order chi connectivity index (χ0) is 19.4. The molecule has 0 bridgehead atoms. The summed E-state index contributed by atoms with van der Waals surface area (Å²) in [5.74, 6) is -0.396. The van der Waals surface area contributed by atoms with E-state index in [1.165, 1.54) is 0 Å². The Hall–Kier alpha value is -2.29. The molecule has 4 aliphatic rings. The number of piperidine rings is 1. The highest BCUT2D eigenvalue weighted by Crippen LogP contribution is 2.32. The zero-order valence-electron chi connectivity index (χ0n) is 15.6. The topological polar surface area (TPSA) is 105 Å². The Morgan fingerprint density at radius 1 is 1.21 bits per heavy atom. The van der Waals surface area contributed by atoms with Crippen molar-refractivity contribution in [1.29, 1.82) is 0 Å². The molecule has 3 N–H and O–H groups in total. The number of nitrogens with zero attached hydrogens (tertiary/aromatic N) is 2. The molecule has 28 heavy (non-hydrogen) atoms. The second-order valence-corrected chi connectivity index (χ2v) is 8.25. The highest BCUT2D eigenvalue weighted by Gasteiger charge is 2.44. The highest BCUT2D eigenvalue weighted by molar-refractivity contribution is 6.05. The summed E-state index contributed by atoms with van der Waals surface area (Å²) in [5, 5.41) is 2.34. The number of carbonyl (C=O) groups is 3. The predicted molar refractivity (Wildman–Crippen MR) is 99.0 cm³/mol. The van der Waals surface area contributed by atoms with Gasteiger partial charge in [-0.2, -0.15) is 0 Å². The Morgan fingerprint density at radius 3 is 2.89 bits per heavy atom. The number of likely N-dealkylation sites (tertiary alicyclic amines) is 1. The van der Waals surface area contributed by atoms with Crippen molar-refractivity contribution in [3.8, 4) is 0 Å². The number of ether oxygens (including phenoxy) is 1. The minimum Gasteiger partial charge on any atom is -0.379 e. The van der Waals surface area contributed by atoms with Gasteiger partial charge in [0.1, 0.15) is 6.04 Å². The average Bonchev–Trinajstić information content (AvgIpc) is 3.34. The first-order valence-electron chi connectivity index (χ1n) is 9.85. The van der Waals surface area contributed by atoms with Crippen LogP contribution in [0.4, 0.5) is 0 Å². The van der Waals surface area contributed by atoms with Crippen LogP contribution in [0.25, 0.3) is 0 Å². The van der Waals surface area contributed by atoms with Crippen LogP contribution < -0.4 is 11.1 Å². The number of hydrogen-bond acceptors (Lipinski definition) is 6. The van der Waals surface area contributed by atoms with Gasteiger partial charge in [-0.15, -0.1) is 0 Å². The quantitative estimate of drug-likeness (QED) is 0.688. The Labute approximate surface area is 163 Å². The second-order valence-electron chi connectivity index (χ2n) is 8.25. The van der Waals surface area contributed by atoms with Crippen LogP contribution in [0, 0.1) is 5.92 Å². The van der Waals surface area contributed by atoms with Gasteiger partial charge in [0.05, 0.1) is 13.2 Å². The van der Waals surface area contributed by atoms with Crippen LogP contribution in [-0.4, -0.2) is 65.4 Å². The van der Waals surface area contributed by atoms with Gasteiger partial charge < -0.3 is 15.4 Å². The molecule has 4 atom stereocenters. The summed E-state index contributed by atoms with van der Waals surface area (Å²) in [7, 11) is 0. The number of benzene rings is 1. The molecular weight excluding hydrogens is 360 g/mol. The molecule has 0 spiro atoms. The Bertz CT molecular complexity index is 857. The summed E-state index contributed by atoms with van der Waals surface area (Å²) in [6.45, 7) is 3.43. The minimum absolute atomic E-state index is 0.131. The monoisotopic (exact) mass is 384 g/mol. The molecular formula is C20H24N4O4. The van der Waals surface area contributed by atoms with Gasteiger partial charge in [0.15, 0.2) is 0 Å². The molecule has 1 aromatic rings. The summed E-state index contributed by atoms with van der Waals surface area (Å²) < 4.78 is 5.60. The Balaban J connectivity index is 1.32. The minimum atomic E-state index is -0.575. The van der Waals surface area contributed by atoms with Gasteiger partial charge in [0, 0.05) is 49.6 Å². The third-order valence-corrected chi connectivity index (χ3v) is 6.54. The van der Waals surface area contributed by atoms with Crippen molar-refractivity contribution in [3.05, 3.63) is 34.9 Å². The van der Waals surface area contributed by atoms with Crippen LogP contribution in [0.1, 0.15) is 34.3 Å². The molecule has 1 aromatic carbocycles. The van der Waals surface area contributed by atoms with E-state index in [1.54, 1.807) is 4.90 Å². The summed E-state index contributed by atoms with van der Waals surface area (Å²) >= 11 is 0. The maximum absolute atomic E-state index is 13.0. The van der Waals surface area contributed by atoms with Crippen molar-refractivity contribution >= 4 is 17.7 Å². The van der Waals surface area contributed by atoms with Crippen LogP contribution in [0.5, 0.6) is 0 Å². The van der Waals surface area contributed by atoms with Gasteiger partial charge in [0.2, 0.25) is 11.8 Å². The molecule has 5 rings (SSSR count). The molecule has 8 nitrogen and oxygen atoms in total. The number of fused-ring (bicyclic) bond motifs is 2. The standard InChI is InChI=1S/C20H24N4O4/c21-15-8-23(17-10-28-9-14(15)17)6-11-1-2-12-7-24(20(27)13(12)5-11)16-3-4-18(25)22-19(16)26/h1-2,5,14-17H,3-4,6-10,21H2,(H,22,25,26). The number of nitrogens with two attached hydrogens (primary N) is 1. The summed E-state index contributed by atoms with van der Waals surface area (Å²) in [6, 6.07) is 5.87. The van der Waals surface area contributed by atoms with Gasteiger partial charge in [-0.1, -0.05) is 12.1 Å². The largest absolute Gasteiger partial charge is 0.379 e. The molecule has 8 heteroatoms. The third kappa shape index (κ3) is 2.83. The molecule has 0 saturated carbocycles. The molecule has 0 radical (unpaired) electrons. The summed E-state index contributed by atoms with van der Waals surface area (Å²) in [4.78, 5) is 40.4. The lowest BCUT2D eigenvalue weighted by Crippen LogP contribution is -2.52. The fourth-order valence-corrected chi connectivity index (χ4v) is 5.00. The smallest absolute Gasteiger partial charge is 0.255 e. The van der Waals surface area contributed by atoms with Crippen LogP contribution >= 0.6 is 0 Å². The van der Waals surface area contributed by atoms with Gasteiger partial charge in [-0.05, 0) is 23.6 Å². The van der Waals surface area contributed by atoms with Crippen molar-refractivity contribution in [3.63, 3.8) is 0 Å². The highest BCUT2D eigenvalue weighted by atomic mass is 16.5. The Morgan fingerprint density at radius 2 is 2.07 bits per heavy atom. The number of rotatable bonds is 3. The molecule has 3 fully saturated rings. The first kappa shape index (κ1) is 17.8. The second kappa shape index (κ2) is 6.65. The zero-order valence-corrected chi connectivity index (χ0v) is 15.6. The van der Waals surface area contributed by atoms with Crippen LogP contribution in [0.15, 0.2) is 18.2 Å².